The van der Waals surface area contributed by atoms with E-state index in [9.17, 15) is 9.59 Å². The summed E-state index contributed by atoms with van der Waals surface area (Å²) in [5, 5.41) is 4.36. The minimum atomic E-state index is -0.528. The van der Waals surface area contributed by atoms with E-state index < -0.39 is 12.3 Å². The highest BCUT2D eigenvalue weighted by Crippen LogP contribution is 2.38. The van der Waals surface area contributed by atoms with Crippen molar-refractivity contribution in [3.63, 3.8) is 0 Å². The Morgan fingerprint density at radius 2 is 2.00 bits per heavy atom. The first kappa shape index (κ1) is 20.6. The third-order valence-electron chi connectivity index (χ3n) is 4.42. The van der Waals surface area contributed by atoms with Gasteiger partial charge in [0.1, 0.15) is 18.9 Å². The Labute approximate surface area is 185 Å². The highest BCUT2D eigenvalue weighted by Gasteiger charge is 2.25. The normalized spacial score (nSPS) is 15.0. The molecule has 0 bridgehead atoms. The van der Waals surface area contributed by atoms with Crippen molar-refractivity contribution in [2.75, 3.05) is 6.54 Å². The molecule has 154 valence electrons. The molecule has 2 aromatic carbocycles. The lowest BCUT2D eigenvalue weighted by molar-refractivity contribution is -0.144. The van der Waals surface area contributed by atoms with Gasteiger partial charge in [0.05, 0.1) is 11.5 Å². The van der Waals surface area contributed by atoms with Crippen molar-refractivity contribution >= 4 is 39.1 Å². The van der Waals surface area contributed by atoms with Gasteiger partial charge in [-0.1, -0.05) is 52.3 Å². The molecule has 4 rings (SSSR count). The summed E-state index contributed by atoms with van der Waals surface area (Å²) < 4.78 is 18.1. The van der Waals surface area contributed by atoms with E-state index in [4.69, 9.17) is 14.2 Å². The topological polar surface area (TPSA) is 73.9 Å². The number of hydrogen-bond donors (Lipinski definition) is 1. The van der Waals surface area contributed by atoms with Crippen molar-refractivity contribution in [1.82, 2.24) is 5.32 Å². The van der Waals surface area contributed by atoms with Crippen LogP contribution in [0.25, 0.3) is 0 Å². The molecule has 6 nitrogen and oxygen atoms in total. The number of benzene rings is 2. The molecule has 1 unspecified atom stereocenters. The van der Waals surface area contributed by atoms with Crippen LogP contribution in [0.1, 0.15) is 32.7 Å². The summed E-state index contributed by atoms with van der Waals surface area (Å²) in [6.45, 7) is 0.201. The molecule has 1 atom stereocenters. The van der Waals surface area contributed by atoms with Gasteiger partial charge in [0, 0.05) is 21.2 Å². The molecule has 2 heterocycles. The summed E-state index contributed by atoms with van der Waals surface area (Å²) in [4.78, 5) is 24.6. The van der Waals surface area contributed by atoms with Gasteiger partial charge in [0.2, 0.25) is 6.29 Å². The summed E-state index contributed by atoms with van der Waals surface area (Å²) >= 11 is 4.78. The molecule has 0 saturated heterocycles. The number of esters is 1. The Morgan fingerprint density at radius 1 is 1.17 bits per heavy atom. The summed E-state index contributed by atoms with van der Waals surface area (Å²) in [7, 11) is 0. The van der Waals surface area contributed by atoms with Crippen LogP contribution in [0.5, 0.6) is 5.75 Å². The molecule has 0 radical (unpaired) electrons. The van der Waals surface area contributed by atoms with Gasteiger partial charge in [0.25, 0.3) is 5.91 Å². The van der Waals surface area contributed by atoms with E-state index in [0.717, 1.165) is 21.2 Å². The maximum Gasteiger partial charge on any atom is 0.325 e. The van der Waals surface area contributed by atoms with E-state index in [1.54, 1.807) is 17.5 Å². The number of fused-ring (bicyclic) bond motifs is 1. The number of rotatable bonds is 6. The number of carbonyl (C=O) groups excluding carboxylic acids is 2. The predicted octanol–water partition coefficient (Wildman–Crippen LogP) is 4.59. The zero-order valence-corrected chi connectivity index (χ0v) is 18.2. The van der Waals surface area contributed by atoms with E-state index in [0.29, 0.717) is 17.2 Å². The van der Waals surface area contributed by atoms with Crippen molar-refractivity contribution in [3.8, 4) is 5.75 Å². The van der Waals surface area contributed by atoms with Crippen LogP contribution in [0.3, 0.4) is 0 Å². The average molecular weight is 488 g/mol. The van der Waals surface area contributed by atoms with Crippen molar-refractivity contribution in [3.05, 3.63) is 86.0 Å². The van der Waals surface area contributed by atoms with Crippen LogP contribution in [0, 0.1) is 0 Å². The Balaban J connectivity index is 1.40. The molecule has 1 aromatic heterocycles. The average Bonchev–Trinajstić information content (AvgIpc) is 3.31. The van der Waals surface area contributed by atoms with Crippen LogP contribution < -0.4 is 10.1 Å². The van der Waals surface area contributed by atoms with Gasteiger partial charge in [-0.05, 0) is 23.6 Å². The fourth-order valence-corrected chi connectivity index (χ4v) is 4.21. The Hall–Kier alpha value is -2.68. The lowest BCUT2D eigenvalue weighted by Crippen LogP contribution is -2.30. The van der Waals surface area contributed by atoms with Crippen molar-refractivity contribution in [2.45, 2.75) is 19.5 Å². The minimum absolute atomic E-state index is 0.0248. The van der Waals surface area contributed by atoms with Gasteiger partial charge in [-0.3, -0.25) is 9.59 Å². The summed E-state index contributed by atoms with van der Waals surface area (Å²) in [6, 6.07) is 16.9. The molecular formula is C22H18BrNO5S. The first-order chi connectivity index (χ1) is 14.6. The van der Waals surface area contributed by atoms with E-state index in [1.165, 1.54) is 11.3 Å². The minimum Gasteiger partial charge on any atom is -0.460 e. The predicted molar refractivity (Wildman–Crippen MR) is 115 cm³/mol. The van der Waals surface area contributed by atoms with E-state index in [1.807, 2.05) is 42.5 Å². The molecular weight excluding hydrogens is 470 g/mol. The van der Waals surface area contributed by atoms with Crippen LogP contribution in [0.15, 0.2) is 64.5 Å². The largest absolute Gasteiger partial charge is 0.460 e. The molecule has 1 aliphatic heterocycles. The molecule has 1 amide bonds. The van der Waals surface area contributed by atoms with Gasteiger partial charge >= 0.3 is 5.97 Å². The van der Waals surface area contributed by atoms with Gasteiger partial charge in [0.15, 0.2) is 0 Å². The molecule has 0 fully saturated rings. The highest BCUT2D eigenvalue weighted by molar-refractivity contribution is 9.10. The fraction of sp³-hybridized carbons (Fsp3) is 0.182. The summed E-state index contributed by atoms with van der Waals surface area (Å²) in [5.74, 6) is -0.179. The second-order valence-corrected chi connectivity index (χ2v) is 8.41. The molecule has 1 aliphatic rings. The third kappa shape index (κ3) is 4.89. The summed E-state index contributed by atoms with van der Waals surface area (Å²) in [6.07, 6.45) is -0.528. The number of thiophene rings is 1. The maximum atomic E-state index is 12.1. The second kappa shape index (κ2) is 9.42. The zero-order chi connectivity index (χ0) is 20.9. The van der Waals surface area contributed by atoms with Gasteiger partial charge in [-0.2, -0.15) is 0 Å². The molecule has 3 aromatic rings. The van der Waals surface area contributed by atoms with E-state index >= 15 is 0 Å². The van der Waals surface area contributed by atoms with Crippen LogP contribution in [0.2, 0.25) is 0 Å². The Morgan fingerprint density at radius 3 is 2.77 bits per heavy atom. The van der Waals surface area contributed by atoms with Crippen molar-refractivity contribution in [2.24, 2.45) is 0 Å². The molecule has 30 heavy (non-hydrogen) atoms. The van der Waals surface area contributed by atoms with Crippen LogP contribution >= 0.6 is 27.3 Å². The lowest BCUT2D eigenvalue weighted by Gasteiger charge is -2.28. The molecule has 0 spiro atoms. The lowest BCUT2D eigenvalue weighted by atomic mass is 10.1. The van der Waals surface area contributed by atoms with E-state index in [-0.39, 0.29) is 19.1 Å². The first-order valence-corrected chi connectivity index (χ1v) is 10.9. The SMILES string of the molecule is O=C(CNC(=O)c1cccs1)OCc1cc(Br)cc2c1OC(c1ccccc1)OC2. The number of ether oxygens (including phenoxy) is 3. The first-order valence-electron chi connectivity index (χ1n) is 9.22. The second-order valence-electron chi connectivity index (χ2n) is 6.55. The monoisotopic (exact) mass is 487 g/mol. The van der Waals surface area contributed by atoms with Crippen molar-refractivity contribution in [1.29, 1.82) is 0 Å². The Kier molecular flexibility index (Phi) is 6.47. The van der Waals surface area contributed by atoms with E-state index in [2.05, 4.69) is 21.2 Å². The molecule has 1 N–H and O–H groups in total. The van der Waals surface area contributed by atoms with Crippen LogP contribution in [-0.2, 0) is 27.5 Å². The van der Waals surface area contributed by atoms with Gasteiger partial charge in [-0.25, -0.2) is 0 Å². The number of hydrogen-bond acceptors (Lipinski definition) is 6. The highest BCUT2D eigenvalue weighted by atomic mass is 79.9. The molecule has 0 saturated carbocycles. The van der Waals surface area contributed by atoms with Crippen LogP contribution in [0.4, 0.5) is 0 Å². The van der Waals surface area contributed by atoms with Crippen LogP contribution in [-0.4, -0.2) is 18.4 Å². The number of nitrogens with one attached hydrogen (secondary N) is 1. The maximum absolute atomic E-state index is 12.1. The van der Waals surface area contributed by atoms with Gasteiger partial charge < -0.3 is 19.5 Å². The fourth-order valence-electron chi connectivity index (χ4n) is 3.02. The summed E-state index contributed by atoms with van der Waals surface area (Å²) in [5.41, 5.74) is 2.50. The number of carbonyl (C=O) groups is 2. The van der Waals surface area contributed by atoms with Gasteiger partial charge in [-0.15, -0.1) is 11.3 Å². The molecule has 8 heteroatoms. The molecule has 0 aliphatic carbocycles. The Bertz CT molecular complexity index is 1040. The third-order valence-corrected chi connectivity index (χ3v) is 5.75. The standard InChI is InChI=1S/C22H18BrNO5S/c23-17-9-15(12-27-19(25)11-24-21(26)18-7-4-8-30-18)20-16(10-17)13-28-22(29-20)14-5-2-1-3-6-14/h1-10,22H,11-13H2,(H,24,26). The zero-order valence-electron chi connectivity index (χ0n) is 15.8. The number of amides is 1. The van der Waals surface area contributed by atoms with Crippen molar-refractivity contribution < 1.29 is 23.8 Å². The quantitative estimate of drug-likeness (QED) is 0.514. The number of halogens is 1. The smallest absolute Gasteiger partial charge is 0.325 e.